The van der Waals surface area contributed by atoms with Crippen molar-refractivity contribution in [2.75, 3.05) is 0 Å². The molecular weight excluding hydrogens is 685 g/mol. The highest BCUT2D eigenvalue weighted by Crippen LogP contribution is 2.43. The Kier molecular flexibility index (Phi) is 7.42. The smallest absolute Gasteiger partial charge is 0.164 e. The molecule has 0 atom stereocenters. The first-order valence-corrected chi connectivity index (χ1v) is 18.8. The maximum absolute atomic E-state index is 6.61. The molecule has 0 fully saturated rings. The van der Waals surface area contributed by atoms with Crippen LogP contribution in [0.2, 0.25) is 0 Å². The molecule has 0 saturated carbocycles. The molecule has 3 heterocycles. The molecule has 0 spiro atoms. The minimum absolute atomic E-state index is 0.623. The second kappa shape index (κ2) is 13.0. The van der Waals surface area contributed by atoms with Crippen molar-refractivity contribution in [1.82, 2.24) is 19.5 Å². The first kappa shape index (κ1) is 31.9. The molecule has 11 aromatic rings. The van der Waals surface area contributed by atoms with Crippen LogP contribution in [-0.2, 0) is 0 Å². The number of furan rings is 1. The summed E-state index contributed by atoms with van der Waals surface area (Å²) in [5.74, 6) is 1.90. The van der Waals surface area contributed by atoms with Gasteiger partial charge in [-0.25, -0.2) is 15.0 Å². The fraction of sp³-hybridized carbons (Fsp3) is 0. The van der Waals surface area contributed by atoms with Gasteiger partial charge in [-0.05, 0) is 59.2 Å². The van der Waals surface area contributed by atoms with Crippen LogP contribution in [0.25, 0.3) is 106 Å². The van der Waals surface area contributed by atoms with Gasteiger partial charge in [0, 0.05) is 49.5 Å². The molecule has 11 rings (SSSR count). The van der Waals surface area contributed by atoms with Crippen LogP contribution in [0.3, 0.4) is 0 Å². The topological polar surface area (TPSA) is 56.7 Å². The van der Waals surface area contributed by atoms with Gasteiger partial charge in [0.25, 0.3) is 0 Å². The average molecular weight is 717 g/mol. The number of fused-ring (bicyclic) bond motifs is 6. The first-order valence-electron chi connectivity index (χ1n) is 18.8. The number of hydrogen-bond acceptors (Lipinski definition) is 4. The van der Waals surface area contributed by atoms with Gasteiger partial charge in [0.2, 0.25) is 0 Å². The molecule has 0 bridgehead atoms. The van der Waals surface area contributed by atoms with Gasteiger partial charge in [-0.3, -0.25) is 0 Å². The van der Waals surface area contributed by atoms with Gasteiger partial charge in [0.15, 0.2) is 17.5 Å². The summed E-state index contributed by atoms with van der Waals surface area (Å²) < 4.78 is 8.96. The summed E-state index contributed by atoms with van der Waals surface area (Å²) in [6, 6.07) is 67.4. The van der Waals surface area contributed by atoms with E-state index >= 15 is 0 Å². The van der Waals surface area contributed by atoms with Gasteiger partial charge in [-0.1, -0.05) is 152 Å². The number of benzene rings is 8. The second-order valence-corrected chi connectivity index (χ2v) is 14.0. The number of rotatable bonds is 6. The third kappa shape index (κ3) is 5.29. The molecule has 0 aliphatic rings. The van der Waals surface area contributed by atoms with E-state index in [9.17, 15) is 0 Å². The Morgan fingerprint density at radius 1 is 0.357 bits per heavy atom. The summed E-state index contributed by atoms with van der Waals surface area (Å²) in [5, 5.41) is 4.59. The zero-order chi connectivity index (χ0) is 37.0. The average Bonchev–Trinajstić information content (AvgIpc) is 3.83. The summed E-state index contributed by atoms with van der Waals surface area (Å²) in [6.45, 7) is 0. The Morgan fingerprint density at radius 3 is 1.62 bits per heavy atom. The lowest BCUT2D eigenvalue weighted by Crippen LogP contribution is -2.01. The van der Waals surface area contributed by atoms with E-state index in [1.807, 2.05) is 72.8 Å². The predicted molar refractivity (Wildman–Crippen MR) is 229 cm³/mol. The summed E-state index contributed by atoms with van der Waals surface area (Å²) in [7, 11) is 0. The lowest BCUT2D eigenvalue weighted by atomic mass is 9.94. The zero-order valence-corrected chi connectivity index (χ0v) is 30.2. The van der Waals surface area contributed by atoms with E-state index in [0.717, 1.165) is 77.6 Å². The molecule has 56 heavy (non-hydrogen) atoms. The van der Waals surface area contributed by atoms with Crippen LogP contribution in [0.4, 0.5) is 0 Å². The van der Waals surface area contributed by atoms with Crippen LogP contribution in [0.15, 0.2) is 199 Å². The van der Waals surface area contributed by atoms with E-state index in [0.29, 0.717) is 17.5 Å². The molecule has 0 saturated heterocycles. The second-order valence-electron chi connectivity index (χ2n) is 14.0. The van der Waals surface area contributed by atoms with Crippen molar-refractivity contribution < 1.29 is 4.42 Å². The van der Waals surface area contributed by atoms with Crippen LogP contribution in [0, 0.1) is 0 Å². The Balaban J connectivity index is 1.08. The highest BCUT2D eigenvalue weighted by atomic mass is 16.3. The maximum Gasteiger partial charge on any atom is 0.164 e. The molecule has 8 aromatic carbocycles. The summed E-state index contributed by atoms with van der Waals surface area (Å²) in [4.78, 5) is 14.9. The molecule has 0 N–H and O–H groups in total. The van der Waals surface area contributed by atoms with Crippen LogP contribution in [-0.4, -0.2) is 19.5 Å². The van der Waals surface area contributed by atoms with Crippen molar-refractivity contribution in [3.05, 3.63) is 194 Å². The lowest BCUT2D eigenvalue weighted by Gasteiger charge is -2.12. The highest BCUT2D eigenvalue weighted by molar-refractivity contribution is 6.17. The zero-order valence-electron chi connectivity index (χ0n) is 30.2. The quantitative estimate of drug-likeness (QED) is 0.172. The summed E-state index contributed by atoms with van der Waals surface area (Å²) in [5.41, 5.74) is 12.4. The Bertz CT molecular complexity index is 3180. The van der Waals surface area contributed by atoms with E-state index in [1.54, 1.807) is 0 Å². The van der Waals surface area contributed by atoms with Gasteiger partial charge < -0.3 is 8.98 Å². The lowest BCUT2D eigenvalue weighted by molar-refractivity contribution is 0.670. The number of nitrogens with zero attached hydrogens (tertiary/aromatic N) is 4. The monoisotopic (exact) mass is 716 g/mol. The Labute approximate surface area is 322 Å². The van der Waals surface area contributed by atoms with E-state index in [1.165, 1.54) is 10.8 Å². The molecule has 0 aliphatic heterocycles. The standard InChI is InChI=1S/C51H32N4O/c1-4-15-33(16-5-1)40-29-28-39(47-42-24-11-13-26-46(42)56-48(40)47)36-27-30-45-43(32-36)41-23-10-12-25-44(41)55(45)38-22-14-21-37(31-38)51-53-49(34-17-6-2-7-18-34)52-50(54-51)35-19-8-3-9-20-35/h1-32H. The van der Waals surface area contributed by atoms with Crippen LogP contribution >= 0.6 is 0 Å². The molecule has 262 valence electrons. The van der Waals surface area contributed by atoms with Crippen molar-refractivity contribution in [2.24, 2.45) is 0 Å². The molecule has 5 nitrogen and oxygen atoms in total. The molecule has 5 heteroatoms. The predicted octanol–water partition coefficient (Wildman–Crippen LogP) is 13.2. The van der Waals surface area contributed by atoms with Crippen molar-refractivity contribution in [1.29, 1.82) is 0 Å². The number of para-hydroxylation sites is 2. The molecule has 0 radical (unpaired) electrons. The Hall–Kier alpha value is -7.63. The number of aromatic nitrogens is 4. The third-order valence-electron chi connectivity index (χ3n) is 10.7. The largest absolute Gasteiger partial charge is 0.455 e. The molecular formula is C51H32N4O. The summed E-state index contributed by atoms with van der Waals surface area (Å²) in [6.07, 6.45) is 0. The highest BCUT2D eigenvalue weighted by Gasteiger charge is 2.20. The molecule has 0 unspecified atom stereocenters. The number of hydrogen-bond donors (Lipinski definition) is 0. The van der Waals surface area contributed by atoms with Gasteiger partial charge >= 0.3 is 0 Å². The maximum atomic E-state index is 6.61. The SMILES string of the molecule is c1ccc(-c2nc(-c3ccccc3)nc(-c3cccc(-n4c5ccccc5c5cc(-c6ccc(-c7ccccc7)c7oc8ccccc8c67)ccc54)c3)n2)cc1. The fourth-order valence-electron chi connectivity index (χ4n) is 8.05. The van der Waals surface area contributed by atoms with E-state index in [4.69, 9.17) is 19.4 Å². The third-order valence-corrected chi connectivity index (χ3v) is 10.7. The molecule has 0 aliphatic carbocycles. The minimum Gasteiger partial charge on any atom is -0.455 e. The van der Waals surface area contributed by atoms with E-state index < -0.39 is 0 Å². The molecule has 0 amide bonds. The van der Waals surface area contributed by atoms with Crippen LogP contribution < -0.4 is 0 Å². The Morgan fingerprint density at radius 2 is 0.911 bits per heavy atom. The van der Waals surface area contributed by atoms with Crippen molar-refractivity contribution in [2.45, 2.75) is 0 Å². The van der Waals surface area contributed by atoms with Crippen molar-refractivity contribution >= 4 is 43.7 Å². The summed E-state index contributed by atoms with van der Waals surface area (Å²) >= 11 is 0. The molecule has 3 aromatic heterocycles. The van der Waals surface area contributed by atoms with Crippen LogP contribution in [0.5, 0.6) is 0 Å². The first-order chi connectivity index (χ1) is 27.8. The van der Waals surface area contributed by atoms with Crippen LogP contribution in [0.1, 0.15) is 0 Å². The van der Waals surface area contributed by atoms with E-state index in [2.05, 4.69) is 126 Å². The minimum atomic E-state index is 0.623. The van der Waals surface area contributed by atoms with Gasteiger partial charge in [-0.15, -0.1) is 0 Å². The van der Waals surface area contributed by atoms with Gasteiger partial charge in [0.05, 0.1) is 11.0 Å². The van der Waals surface area contributed by atoms with Crippen molar-refractivity contribution in [3.8, 4) is 62.1 Å². The van der Waals surface area contributed by atoms with Gasteiger partial charge in [0.1, 0.15) is 11.2 Å². The van der Waals surface area contributed by atoms with Gasteiger partial charge in [-0.2, -0.15) is 0 Å². The van der Waals surface area contributed by atoms with Crippen molar-refractivity contribution in [3.63, 3.8) is 0 Å². The fourth-order valence-corrected chi connectivity index (χ4v) is 8.05. The van der Waals surface area contributed by atoms with E-state index in [-0.39, 0.29) is 0 Å². The normalized spacial score (nSPS) is 11.6.